The molecule has 1 saturated heterocycles. The zero-order valence-electron chi connectivity index (χ0n) is 8.53. The van der Waals surface area contributed by atoms with Crippen LogP contribution >= 0.6 is 11.3 Å². The lowest BCUT2D eigenvalue weighted by molar-refractivity contribution is 0.0939. The number of carbonyl (C=O) groups is 1. The van der Waals surface area contributed by atoms with Crippen LogP contribution in [0.3, 0.4) is 0 Å². The molecule has 0 saturated carbocycles. The molecule has 1 amide bonds. The average Bonchev–Trinajstić information content (AvgIpc) is 2.65. The zero-order chi connectivity index (χ0) is 10.5. The topological polar surface area (TPSA) is 54.0 Å². The maximum absolute atomic E-state index is 11.7. The Hall–Kier alpha value is -0.940. The Balaban J connectivity index is 1.87. The molecule has 2 rings (SSSR count). The lowest BCUT2D eigenvalue weighted by atomic mass is 10.1. The fourth-order valence-corrected chi connectivity index (χ4v) is 2.25. The van der Waals surface area contributed by atoms with Crippen LogP contribution < -0.4 is 10.6 Å². The van der Waals surface area contributed by atoms with Gasteiger partial charge in [0.1, 0.15) is 4.88 Å². The molecule has 1 aliphatic heterocycles. The SMILES string of the molecule is O=C(NC1CCCCNC1)c1cncs1. The Labute approximate surface area is 93.1 Å². The third-order valence-corrected chi connectivity index (χ3v) is 3.31. The Morgan fingerprint density at radius 3 is 3.33 bits per heavy atom. The lowest BCUT2D eigenvalue weighted by Crippen LogP contribution is -2.40. The van der Waals surface area contributed by atoms with Gasteiger partial charge in [0.2, 0.25) is 0 Å². The first-order chi connectivity index (χ1) is 7.36. The van der Waals surface area contributed by atoms with Crippen molar-refractivity contribution in [3.63, 3.8) is 0 Å². The smallest absolute Gasteiger partial charge is 0.263 e. The van der Waals surface area contributed by atoms with E-state index in [9.17, 15) is 4.79 Å². The zero-order valence-corrected chi connectivity index (χ0v) is 9.35. The molecular weight excluding hydrogens is 210 g/mol. The number of amides is 1. The highest BCUT2D eigenvalue weighted by Crippen LogP contribution is 2.08. The second kappa shape index (κ2) is 5.23. The monoisotopic (exact) mass is 225 g/mol. The van der Waals surface area contributed by atoms with E-state index < -0.39 is 0 Å². The summed E-state index contributed by atoms with van der Waals surface area (Å²) < 4.78 is 0. The van der Waals surface area contributed by atoms with Crippen molar-refractivity contribution in [2.24, 2.45) is 0 Å². The molecule has 1 fully saturated rings. The number of thiazole rings is 1. The first-order valence-electron chi connectivity index (χ1n) is 5.26. The summed E-state index contributed by atoms with van der Waals surface area (Å²) in [6.07, 6.45) is 5.06. The van der Waals surface area contributed by atoms with E-state index in [1.807, 2.05) is 0 Å². The van der Waals surface area contributed by atoms with Crippen LogP contribution in [0.4, 0.5) is 0 Å². The van der Waals surface area contributed by atoms with Crippen molar-refractivity contribution in [1.29, 1.82) is 0 Å². The summed E-state index contributed by atoms with van der Waals surface area (Å²) in [6, 6.07) is 0.266. The summed E-state index contributed by atoms with van der Waals surface area (Å²) in [5.74, 6) is 0.00574. The van der Waals surface area contributed by atoms with E-state index in [0.717, 1.165) is 19.5 Å². The number of nitrogens with one attached hydrogen (secondary N) is 2. The van der Waals surface area contributed by atoms with Gasteiger partial charge >= 0.3 is 0 Å². The van der Waals surface area contributed by atoms with Crippen LogP contribution in [0.25, 0.3) is 0 Å². The highest BCUT2D eigenvalue weighted by molar-refractivity contribution is 7.11. The number of hydrogen-bond donors (Lipinski definition) is 2. The molecule has 82 valence electrons. The first-order valence-corrected chi connectivity index (χ1v) is 6.14. The summed E-state index contributed by atoms with van der Waals surface area (Å²) >= 11 is 1.38. The van der Waals surface area contributed by atoms with E-state index in [1.165, 1.54) is 24.2 Å². The molecule has 15 heavy (non-hydrogen) atoms. The predicted octanol–water partition coefficient (Wildman–Crippen LogP) is 1.01. The van der Waals surface area contributed by atoms with E-state index in [0.29, 0.717) is 4.88 Å². The van der Waals surface area contributed by atoms with Gasteiger partial charge in [-0.05, 0) is 19.4 Å². The van der Waals surface area contributed by atoms with Crippen molar-refractivity contribution in [3.05, 3.63) is 16.6 Å². The third kappa shape index (κ3) is 3.00. The van der Waals surface area contributed by atoms with Crippen molar-refractivity contribution in [1.82, 2.24) is 15.6 Å². The number of carbonyl (C=O) groups excluding carboxylic acids is 1. The molecule has 5 heteroatoms. The second-order valence-corrected chi connectivity index (χ2v) is 4.62. The quantitative estimate of drug-likeness (QED) is 0.790. The van der Waals surface area contributed by atoms with Gasteiger partial charge in [-0.2, -0.15) is 0 Å². The Morgan fingerprint density at radius 2 is 2.53 bits per heavy atom. The molecule has 1 aromatic rings. The first kappa shape index (κ1) is 10.6. The molecule has 0 bridgehead atoms. The molecule has 1 unspecified atom stereocenters. The standard InChI is InChI=1S/C10H15N3OS/c14-10(9-6-12-7-15-9)13-8-3-1-2-4-11-5-8/h6-8,11H,1-5H2,(H,13,14). The van der Waals surface area contributed by atoms with E-state index >= 15 is 0 Å². The molecule has 4 nitrogen and oxygen atoms in total. The van der Waals surface area contributed by atoms with Crippen LogP contribution in [0.2, 0.25) is 0 Å². The maximum atomic E-state index is 11.7. The van der Waals surface area contributed by atoms with E-state index in [4.69, 9.17) is 0 Å². The largest absolute Gasteiger partial charge is 0.347 e. The van der Waals surface area contributed by atoms with E-state index in [1.54, 1.807) is 11.7 Å². The van der Waals surface area contributed by atoms with Gasteiger partial charge in [-0.3, -0.25) is 9.78 Å². The molecule has 1 aromatic heterocycles. The van der Waals surface area contributed by atoms with Crippen LogP contribution in [-0.2, 0) is 0 Å². The van der Waals surface area contributed by atoms with Crippen LogP contribution in [0.5, 0.6) is 0 Å². The summed E-state index contributed by atoms with van der Waals surface area (Å²) in [6.45, 7) is 1.94. The molecule has 1 atom stereocenters. The van der Waals surface area contributed by atoms with Crippen molar-refractivity contribution in [2.75, 3.05) is 13.1 Å². The molecule has 0 spiro atoms. The van der Waals surface area contributed by atoms with Crippen molar-refractivity contribution in [2.45, 2.75) is 25.3 Å². The van der Waals surface area contributed by atoms with E-state index in [2.05, 4.69) is 15.6 Å². The lowest BCUT2D eigenvalue weighted by Gasteiger charge is -2.15. The highest BCUT2D eigenvalue weighted by Gasteiger charge is 2.15. The minimum atomic E-state index is 0.00574. The summed E-state index contributed by atoms with van der Waals surface area (Å²) in [7, 11) is 0. The van der Waals surface area contributed by atoms with Crippen LogP contribution in [-0.4, -0.2) is 30.0 Å². The number of hydrogen-bond acceptors (Lipinski definition) is 4. The van der Waals surface area contributed by atoms with Crippen molar-refractivity contribution >= 4 is 17.2 Å². The maximum Gasteiger partial charge on any atom is 0.263 e. The molecule has 0 aromatic carbocycles. The average molecular weight is 225 g/mol. The van der Waals surface area contributed by atoms with Gasteiger partial charge < -0.3 is 10.6 Å². The second-order valence-electron chi connectivity index (χ2n) is 3.74. The Bertz CT molecular complexity index is 304. The molecule has 0 radical (unpaired) electrons. The fourth-order valence-electron chi connectivity index (χ4n) is 1.73. The Kier molecular flexibility index (Phi) is 3.69. The minimum absolute atomic E-state index is 0.00574. The van der Waals surface area contributed by atoms with E-state index in [-0.39, 0.29) is 11.9 Å². The van der Waals surface area contributed by atoms with Gasteiger partial charge in [-0.25, -0.2) is 0 Å². The number of rotatable bonds is 2. The van der Waals surface area contributed by atoms with Crippen molar-refractivity contribution in [3.8, 4) is 0 Å². The van der Waals surface area contributed by atoms with Crippen LogP contribution in [0.1, 0.15) is 28.9 Å². The summed E-state index contributed by atoms with van der Waals surface area (Å²) in [5.41, 5.74) is 1.68. The fraction of sp³-hybridized carbons (Fsp3) is 0.600. The minimum Gasteiger partial charge on any atom is -0.347 e. The van der Waals surface area contributed by atoms with Gasteiger partial charge in [0.15, 0.2) is 0 Å². The van der Waals surface area contributed by atoms with Gasteiger partial charge in [0, 0.05) is 12.6 Å². The Morgan fingerprint density at radius 1 is 1.60 bits per heavy atom. The van der Waals surface area contributed by atoms with Gasteiger partial charge in [0.05, 0.1) is 11.7 Å². The number of aromatic nitrogens is 1. The molecule has 2 N–H and O–H groups in total. The predicted molar refractivity (Wildman–Crippen MR) is 60.1 cm³/mol. The van der Waals surface area contributed by atoms with Crippen LogP contribution in [0.15, 0.2) is 11.7 Å². The highest BCUT2D eigenvalue weighted by atomic mass is 32.1. The van der Waals surface area contributed by atoms with Gasteiger partial charge in [-0.15, -0.1) is 11.3 Å². The number of nitrogens with zero attached hydrogens (tertiary/aromatic N) is 1. The molecular formula is C10H15N3OS. The normalized spacial score (nSPS) is 22.0. The molecule has 1 aliphatic rings. The van der Waals surface area contributed by atoms with Gasteiger partial charge in [-0.1, -0.05) is 6.42 Å². The summed E-state index contributed by atoms with van der Waals surface area (Å²) in [5, 5.41) is 6.35. The van der Waals surface area contributed by atoms with Crippen LogP contribution in [0, 0.1) is 0 Å². The third-order valence-electron chi connectivity index (χ3n) is 2.54. The van der Waals surface area contributed by atoms with Crippen molar-refractivity contribution < 1.29 is 4.79 Å². The molecule has 0 aliphatic carbocycles. The van der Waals surface area contributed by atoms with Gasteiger partial charge in [0.25, 0.3) is 5.91 Å². The molecule has 2 heterocycles. The summed E-state index contributed by atoms with van der Waals surface area (Å²) in [4.78, 5) is 16.3.